The highest BCUT2D eigenvalue weighted by molar-refractivity contribution is 4.89. The van der Waals surface area contributed by atoms with E-state index >= 15 is 0 Å². The number of rotatable bonds is 3. The summed E-state index contributed by atoms with van der Waals surface area (Å²) in [6, 6.07) is 0. The van der Waals surface area contributed by atoms with Crippen molar-refractivity contribution in [2.45, 2.75) is 46.0 Å². The van der Waals surface area contributed by atoms with Crippen LogP contribution in [0.5, 0.6) is 0 Å². The molecule has 0 aromatic heterocycles. The molecule has 2 atom stereocenters. The normalized spacial score (nSPS) is 30.7. The molecule has 1 fully saturated rings. The first kappa shape index (κ1) is 8.83. The van der Waals surface area contributed by atoms with Crippen LogP contribution < -0.4 is 0 Å². The zero-order valence-corrected chi connectivity index (χ0v) is 7.90. The SMILES string of the molecule is C=C(C)CC[C@H]1CCC(C)C1. The van der Waals surface area contributed by atoms with Gasteiger partial charge >= 0.3 is 0 Å². The molecule has 0 spiro atoms. The van der Waals surface area contributed by atoms with Crippen LogP contribution in [0.15, 0.2) is 12.2 Å². The molecule has 0 amide bonds. The summed E-state index contributed by atoms with van der Waals surface area (Å²) in [5, 5.41) is 0. The molecule has 11 heavy (non-hydrogen) atoms. The molecule has 1 rings (SSSR count). The van der Waals surface area contributed by atoms with Gasteiger partial charge in [-0.25, -0.2) is 0 Å². The van der Waals surface area contributed by atoms with E-state index in [0.29, 0.717) is 0 Å². The maximum absolute atomic E-state index is 3.94. The first-order valence-electron chi connectivity index (χ1n) is 4.83. The first-order valence-corrected chi connectivity index (χ1v) is 4.83. The van der Waals surface area contributed by atoms with Crippen molar-refractivity contribution in [2.24, 2.45) is 11.8 Å². The van der Waals surface area contributed by atoms with E-state index in [1.54, 1.807) is 0 Å². The van der Waals surface area contributed by atoms with Crippen molar-refractivity contribution in [1.82, 2.24) is 0 Å². The van der Waals surface area contributed by atoms with E-state index in [0.717, 1.165) is 11.8 Å². The summed E-state index contributed by atoms with van der Waals surface area (Å²) in [7, 11) is 0. The summed E-state index contributed by atoms with van der Waals surface area (Å²) in [6.07, 6.45) is 7.03. The zero-order chi connectivity index (χ0) is 8.27. The van der Waals surface area contributed by atoms with E-state index in [9.17, 15) is 0 Å². The predicted molar refractivity (Wildman–Crippen MR) is 50.6 cm³/mol. The van der Waals surface area contributed by atoms with Crippen LogP contribution in [-0.4, -0.2) is 0 Å². The van der Waals surface area contributed by atoms with Gasteiger partial charge in [0.1, 0.15) is 0 Å². The number of hydrogen-bond donors (Lipinski definition) is 0. The Morgan fingerprint density at radius 3 is 2.64 bits per heavy atom. The van der Waals surface area contributed by atoms with Crippen LogP contribution in [0.25, 0.3) is 0 Å². The predicted octanol–water partition coefficient (Wildman–Crippen LogP) is 3.78. The van der Waals surface area contributed by atoms with Crippen LogP contribution >= 0.6 is 0 Å². The lowest BCUT2D eigenvalue weighted by Crippen LogP contribution is -1.94. The molecule has 64 valence electrons. The molecule has 0 saturated heterocycles. The fraction of sp³-hybridized carbons (Fsp3) is 0.818. The van der Waals surface area contributed by atoms with Gasteiger partial charge in [-0.1, -0.05) is 25.3 Å². The number of hydrogen-bond acceptors (Lipinski definition) is 0. The second-order valence-electron chi connectivity index (χ2n) is 4.28. The Morgan fingerprint density at radius 2 is 2.18 bits per heavy atom. The summed E-state index contributed by atoms with van der Waals surface area (Å²) in [6.45, 7) is 8.45. The van der Waals surface area contributed by atoms with Crippen molar-refractivity contribution in [1.29, 1.82) is 0 Å². The van der Waals surface area contributed by atoms with Crippen molar-refractivity contribution < 1.29 is 0 Å². The second kappa shape index (κ2) is 3.94. The largest absolute Gasteiger partial charge is 0.100 e. The Morgan fingerprint density at radius 1 is 1.45 bits per heavy atom. The molecule has 0 radical (unpaired) electrons. The van der Waals surface area contributed by atoms with E-state index < -0.39 is 0 Å². The van der Waals surface area contributed by atoms with Crippen LogP contribution in [0.1, 0.15) is 46.0 Å². The van der Waals surface area contributed by atoms with E-state index in [2.05, 4.69) is 20.4 Å². The molecule has 0 heterocycles. The van der Waals surface area contributed by atoms with Gasteiger partial charge in [-0.2, -0.15) is 0 Å². The molecule has 1 saturated carbocycles. The molecule has 0 N–H and O–H groups in total. The second-order valence-corrected chi connectivity index (χ2v) is 4.28. The van der Waals surface area contributed by atoms with Crippen molar-refractivity contribution >= 4 is 0 Å². The van der Waals surface area contributed by atoms with E-state index in [4.69, 9.17) is 0 Å². The molecule has 0 heteroatoms. The third kappa shape index (κ3) is 3.09. The van der Waals surface area contributed by atoms with E-state index in [-0.39, 0.29) is 0 Å². The summed E-state index contributed by atoms with van der Waals surface area (Å²) in [5.74, 6) is 2.01. The monoisotopic (exact) mass is 152 g/mol. The topological polar surface area (TPSA) is 0 Å². The quantitative estimate of drug-likeness (QED) is 0.540. The molecule has 0 aromatic rings. The third-order valence-corrected chi connectivity index (χ3v) is 2.78. The summed E-state index contributed by atoms with van der Waals surface area (Å²) in [5.41, 5.74) is 1.35. The van der Waals surface area contributed by atoms with Crippen molar-refractivity contribution in [2.75, 3.05) is 0 Å². The lowest BCUT2D eigenvalue weighted by molar-refractivity contribution is 0.479. The third-order valence-electron chi connectivity index (χ3n) is 2.78. The smallest absolute Gasteiger partial charge is 0.0323 e. The Balaban J connectivity index is 2.13. The van der Waals surface area contributed by atoms with Gasteiger partial charge in [-0.15, -0.1) is 6.58 Å². The highest BCUT2D eigenvalue weighted by atomic mass is 14.3. The molecule has 0 bridgehead atoms. The average Bonchev–Trinajstić information content (AvgIpc) is 2.31. The van der Waals surface area contributed by atoms with E-state index in [1.807, 2.05) is 0 Å². The molecule has 1 aliphatic carbocycles. The van der Waals surface area contributed by atoms with Gasteiger partial charge in [-0.3, -0.25) is 0 Å². The van der Waals surface area contributed by atoms with Crippen molar-refractivity contribution in [3.63, 3.8) is 0 Å². The lowest BCUT2D eigenvalue weighted by Gasteiger charge is -2.08. The van der Waals surface area contributed by atoms with Crippen LogP contribution in [-0.2, 0) is 0 Å². The fourth-order valence-corrected chi connectivity index (χ4v) is 2.04. The highest BCUT2D eigenvalue weighted by Crippen LogP contribution is 2.33. The molecular formula is C11H20. The standard InChI is InChI=1S/C11H20/c1-9(2)4-6-11-7-5-10(3)8-11/h10-11H,1,4-8H2,2-3H3/t10?,11-/m0/s1. The molecule has 0 aromatic carbocycles. The van der Waals surface area contributed by atoms with Gasteiger partial charge in [-0.05, 0) is 38.0 Å². The van der Waals surface area contributed by atoms with Crippen molar-refractivity contribution in [3.05, 3.63) is 12.2 Å². The van der Waals surface area contributed by atoms with Gasteiger partial charge in [0.2, 0.25) is 0 Å². The van der Waals surface area contributed by atoms with Gasteiger partial charge in [0.05, 0.1) is 0 Å². The maximum atomic E-state index is 3.94. The average molecular weight is 152 g/mol. The summed E-state index contributed by atoms with van der Waals surface area (Å²) in [4.78, 5) is 0. The Bertz CT molecular complexity index is 135. The first-order chi connectivity index (χ1) is 5.18. The molecule has 1 unspecified atom stereocenters. The molecule has 0 aliphatic heterocycles. The lowest BCUT2D eigenvalue weighted by atomic mass is 9.98. The summed E-state index contributed by atoms with van der Waals surface area (Å²) >= 11 is 0. The number of allylic oxidation sites excluding steroid dienone is 1. The van der Waals surface area contributed by atoms with Gasteiger partial charge in [0.15, 0.2) is 0 Å². The fourth-order valence-electron chi connectivity index (χ4n) is 2.04. The minimum absolute atomic E-state index is 0.991. The highest BCUT2D eigenvalue weighted by Gasteiger charge is 2.20. The Labute approximate surface area is 70.7 Å². The van der Waals surface area contributed by atoms with Gasteiger partial charge in [0, 0.05) is 0 Å². The molecular weight excluding hydrogens is 132 g/mol. The van der Waals surface area contributed by atoms with Gasteiger partial charge in [0.25, 0.3) is 0 Å². The zero-order valence-electron chi connectivity index (χ0n) is 7.90. The molecule has 0 nitrogen and oxygen atoms in total. The van der Waals surface area contributed by atoms with Crippen LogP contribution in [0.4, 0.5) is 0 Å². The van der Waals surface area contributed by atoms with Crippen LogP contribution in [0.3, 0.4) is 0 Å². The Hall–Kier alpha value is -0.260. The van der Waals surface area contributed by atoms with E-state index in [1.165, 1.54) is 37.7 Å². The summed E-state index contributed by atoms with van der Waals surface area (Å²) < 4.78 is 0. The van der Waals surface area contributed by atoms with Crippen LogP contribution in [0.2, 0.25) is 0 Å². The van der Waals surface area contributed by atoms with Crippen molar-refractivity contribution in [3.8, 4) is 0 Å². The van der Waals surface area contributed by atoms with Crippen LogP contribution in [0, 0.1) is 11.8 Å². The maximum Gasteiger partial charge on any atom is -0.0323 e. The Kier molecular flexibility index (Phi) is 3.16. The van der Waals surface area contributed by atoms with Gasteiger partial charge < -0.3 is 0 Å². The minimum atomic E-state index is 0.991. The minimum Gasteiger partial charge on any atom is -0.100 e. The molecule has 1 aliphatic rings.